The van der Waals surface area contributed by atoms with E-state index >= 15 is 0 Å². The molecule has 78 valence electrons. The molecule has 5 heteroatoms. The second-order valence-electron chi connectivity index (χ2n) is 2.59. The maximum absolute atomic E-state index is 12.7. The zero-order valence-corrected chi connectivity index (χ0v) is 7.56. The van der Waals surface area contributed by atoms with Crippen LogP contribution in [0.25, 0.3) is 0 Å². The van der Waals surface area contributed by atoms with Crippen molar-refractivity contribution in [2.75, 3.05) is 19.0 Å². The number of halogens is 3. The summed E-state index contributed by atoms with van der Waals surface area (Å²) in [6.45, 7) is -0.738. The maximum atomic E-state index is 12.7. The van der Waals surface area contributed by atoms with Gasteiger partial charge in [0.25, 0.3) is 6.43 Å². The molecule has 0 bridgehead atoms. The van der Waals surface area contributed by atoms with Crippen molar-refractivity contribution in [2.24, 2.45) is 0 Å². The molecule has 0 aliphatic heterocycles. The highest BCUT2D eigenvalue weighted by Gasteiger charge is 2.07. The Morgan fingerprint density at radius 2 is 2.14 bits per heavy atom. The minimum absolute atomic E-state index is 0.0906. The van der Waals surface area contributed by atoms with E-state index in [-0.39, 0.29) is 5.75 Å². The molecule has 1 N–H and O–H groups in total. The van der Waals surface area contributed by atoms with Crippen LogP contribution >= 0.6 is 0 Å². The van der Waals surface area contributed by atoms with Crippen molar-refractivity contribution in [3.8, 4) is 5.75 Å². The number of benzene rings is 1. The molecule has 1 aromatic rings. The second kappa shape index (κ2) is 4.74. The van der Waals surface area contributed by atoms with Crippen molar-refractivity contribution in [1.82, 2.24) is 0 Å². The second-order valence-corrected chi connectivity index (χ2v) is 2.59. The third-order valence-corrected chi connectivity index (χ3v) is 1.58. The van der Waals surface area contributed by atoms with Gasteiger partial charge in [0.15, 0.2) is 0 Å². The molecule has 1 aromatic carbocycles. The molecule has 0 radical (unpaired) electrons. The van der Waals surface area contributed by atoms with E-state index < -0.39 is 18.8 Å². The van der Waals surface area contributed by atoms with Gasteiger partial charge >= 0.3 is 0 Å². The average Bonchev–Trinajstić information content (AvgIpc) is 2.15. The largest absolute Gasteiger partial charge is 0.485 e. The highest BCUT2D eigenvalue weighted by molar-refractivity contribution is 5.55. The Balaban J connectivity index is 2.77. The summed E-state index contributed by atoms with van der Waals surface area (Å²) in [5.41, 5.74) is 0.479. The van der Waals surface area contributed by atoms with E-state index in [2.05, 4.69) is 5.32 Å². The first-order chi connectivity index (χ1) is 6.63. The fourth-order valence-electron chi connectivity index (χ4n) is 0.975. The molecule has 0 aliphatic rings. The number of hydrogen-bond donors (Lipinski definition) is 1. The number of hydrogen-bond acceptors (Lipinski definition) is 2. The van der Waals surface area contributed by atoms with Crippen molar-refractivity contribution in [1.29, 1.82) is 0 Å². The highest BCUT2D eigenvalue weighted by atomic mass is 19.3. The lowest BCUT2D eigenvalue weighted by atomic mass is 10.3. The Morgan fingerprint density at radius 1 is 1.43 bits per heavy atom. The molecule has 0 atom stereocenters. The molecule has 0 aromatic heterocycles. The van der Waals surface area contributed by atoms with Crippen LogP contribution in [-0.2, 0) is 0 Å². The number of rotatable bonds is 4. The molecule has 0 heterocycles. The lowest BCUT2D eigenvalue weighted by molar-refractivity contribution is 0.0821. The summed E-state index contributed by atoms with van der Waals surface area (Å²) in [7, 11) is 1.60. The number of alkyl halides is 2. The first kappa shape index (κ1) is 10.7. The normalized spacial score (nSPS) is 10.4. The summed E-state index contributed by atoms with van der Waals surface area (Å²) in [5.74, 6) is -0.430. The van der Waals surface area contributed by atoms with Gasteiger partial charge in [-0.3, -0.25) is 0 Å². The summed E-state index contributed by atoms with van der Waals surface area (Å²) >= 11 is 0. The molecule has 2 nitrogen and oxygen atoms in total. The Hall–Kier alpha value is -1.39. The minimum atomic E-state index is -2.57. The van der Waals surface area contributed by atoms with E-state index in [1.54, 1.807) is 7.05 Å². The molecular formula is C9H10F3NO. The molecule has 0 saturated heterocycles. The van der Waals surface area contributed by atoms with Gasteiger partial charge in [-0.05, 0) is 12.1 Å². The van der Waals surface area contributed by atoms with E-state index in [9.17, 15) is 13.2 Å². The van der Waals surface area contributed by atoms with E-state index in [0.717, 1.165) is 6.07 Å². The summed E-state index contributed by atoms with van der Waals surface area (Å²) < 4.78 is 41.1. The lowest BCUT2D eigenvalue weighted by Gasteiger charge is -2.10. The van der Waals surface area contributed by atoms with Crippen LogP contribution in [0.5, 0.6) is 5.75 Å². The smallest absolute Gasteiger partial charge is 0.272 e. The zero-order valence-electron chi connectivity index (χ0n) is 7.56. The maximum Gasteiger partial charge on any atom is 0.272 e. The first-order valence-corrected chi connectivity index (χ1v) is 4.01. The summed E-state index contributed by atoms with van der Waals surface area (Å²) in [6.07, 6.45) is -2.57. The van der Waals surface area contributed by atoms with Crippen molar-refractivity contribution in [3.63, 3.8) is 0 Å². The third-order valence-electron chi connectivity index (χ3n) is 1.58. The minimum Gasteiger partial charge on any atom is -0.485 e. The third kappa shape index (κ3) is 2.83. The molecule has 0 unspecified atom stereocenters. The summed E-state index contributed by atoms with van der Waals surface area (Å²) in [4.78, 5) is 0. The van der Waals surface area contributed by atoms with E-state index in [0.29, 0.717) is 5.69 Å². The number of anilines is 1. The topological polar surface area (TPSA) is 21.3 Å². The van der Waals surface area contributed by atoms with Crippen LogP contribution in [0.15, 0.2) is 18.2 Å². The Morgan fingerprint density at radius 3 is 2.71 bits per heavy atom. The van der Waals surface area contributed by atoms with Crippen molar-refractivity contribution in [3.05, 3.63) is 24.0 Å². The van der Waals surface area contributed by atoms with Gasteiger partial charge in [-0.15, -0.1) is 0 Å². The van der Waals surface area contributed by atoms with Crippen molar-refractivity contribution in [2.45, 2.75) is 6.43 Å². The average molecular weight is 205 g/mol. The molecule has 0 aliphatic carbocycles. The molecule has 14 heavy (non-hydrogen) atoms. The zero-order chi connectivity index (χ0) is 10.6. The molecule has 0 spiro atoms. The van der Waals surface area contributed by atoms with Crippen LogP contribution in [0.2, 0.25) is 0 Å². The van der Waals surface area contributed by atoms with Gasteiger partial charge in [0.05, 0.1) is 5.69 Å². The first-order valence-electron chi connectivity index (χ1n) is 4.01. The predicted molar refractivity (Wildman–Crippen MR) is 47.4 cm³/mol. The molecule has 1 rings (SSSR count). The Labute approximate surface area is 79.7 Å². The van der Waals surface area contributed by atoms with Gasteiger partial charge in [-0.1, -0.05) is 0 Å². The standard InChI is InChI=1S/C9H10F3NO/c1-13-7-3-2-6(10)4-8(7)14-5-9(11)12/h2-4,9,13H,5H2,1H3. The fourth-order valence-corrected chi connectivity index (χ4v) is 0.975. The van der Waals surface area contributed by atoms with Gasteiger partial charge in [-0.25, -0.2) is 13.2 Å². The Kier molecular flexibility index (Phi) is 3.62. The highest BCUT2D eigenvalue weighted by Crippen LogP contribution is 2.25. The van der Waals surface area contributed by atoms with Crippen LogP contribution in [0, 0.1) is 5.82 Å². The van der Waals surface area contributed by atoms with Crippen LogP contribution in [-0.4, -0.2) is 20.1 Å². The predicted octanol–water partition coefficient (Wildman–Crippen LogP) is 2.51. The van der Waals surface area contributed by atoms with Gasteiger partial charge in [0.1, 0.15) is 18.2 Å². The van der Waals surface area contributed by atoms with Crippen LogP contribution in [0.3, 0.4) is 0 Å². The van der Waals surface area contributed by atoms with Gasteiger partial charge < -0.3 is 10.1 Å². The Bertz CT molecular complexity index is 304. The van der Waals surface area contributed by atoms with Crippen molar-refractivity contribution < 1.29 is 17.9 Å². The monoisotopic (exact) mass is 205 g/mol. The van der Waals surface area contributed by atoms with Crippen molar-refractivity contribution >= 4 is 5.69 Å². The van der Waals surface area contributed by atoms with Gasteiger partial charge in [0.2, 0.25) is 0 Å². The van der Waals surface area contributed by atoms with Crippen LogP contribution in [0.1, 0.15) is 0 Å². The molecule has 0 saturated carbocycles. The molecule has 0 amide bonds. The molecular weight excluding hydrogens is 195 g/mol. The quantitative estimate of drug-likeness (QED) is 0.815. The lowest BCUT2D eigenvalue weighted by Crippen LogP contribution is -2.08. The fraction of sp³-hybridized carbons (Fsp3) is 0.333. The molecule has 0 fully saturated rings. The SMILES string of the molecule is CNc1ccc(F)cc1OCC(F)F. The summed E-state index contributed by atoms with van der Waals surface area (Å²) in [5, 5.41) is 2.71. The van der Waals surface area contributed by atoms with Crippen LogP contribution < -0.4 is 10.1 Å². The van der Waals surface area contributed by atoms with Crippen LogP contribution in [0.4, 0.5) is 18.9 Å². The number of nitrogens with one attached hydrogen (secondary N) is 1. The number of ether oxygens (including phenoxy) is 1. The van der Waals surface area contributed by atoms with Gasteiger partial charge in [0, 0.05) is 13.1 Å². The van der Waals surface area contributed by atoms with E-state index in [1.165, 1.54) is 12.1 Å². The van der Waals surface area contributed by atoms with Gasteiger partial charge in [-0.2, -0.15) is 0 Å². The summed E-state index contributed by atoms with van der Waals surface area (Å²) in [6, 6.07) is 3.71. The van der Waals surface area contributed by atoms with E-state index in [4.69, 9.17) is 4.74 Å². The van der Waals surface area contributed by atoms with E-state index in [1.807, 2.05) is 0 Å².